The summed E-state index contributed by atoms with van der Waals surface area (Å²) in [4.78, 5) is 17.2. The second-order valence-electron chi connectivity index (χ2n) is 8.48. The maximum Gasteiger partial charge on any atom is 0.317 e. The first-order chi connectivity index (χ1) is 14.2. The molecule has 7 heteroatoms. The molecule has 0 saturated carbocycles. The second-order valence-corrected chi connectivity index (χ2v) is 8.48. The van der Waals surface area contributed by atoms with Crippen LogP contribution in [0.2, 0.25) is 0 Å². The van der Waals surface area contributed by atoms with Crippen molar-refractivity contribution in [2.24, 2.45) is 5.92 Å². The van der Waals surface area contributed by atoms with Gasteiger partial charge >= 0.3 is 6.03 Å². The monoisotopic (exact) mass is 396 g/mol. The summed E-state index contributed by atoms with van der Waals surface area (Å²) in [6.45, 7) is 7.83. The van der Waals surface area contributed by atoms with Gasteiger partial charge in [-0.1, -0.05) is 29.5 Å². The lowest BCUT2D eigenvalue weighted by atomic mass is 9.97. The summed E-state index contributed by atoms with van der Waals surface area (Å²) in [6.07, 6.45) is 7.74. The molecule has 2 amide bonds. The highest BCUT2D eigenvalue weighted by molar-refractivity contribution is 5.74. The minimum absolute atomic E-state index is 0.113. The molecule has 7 nitrogen and oxygen atoms in total. The van der Waals surface area contributed by atoms with Crippen LogP contribution in [-0.2, 0) is 13.1 Å². The summed E-state index contributed by atoms with van der Waals surface area (Å²) < 4.78 is 1.89. The number of carbonyl (C=O) groups excluding carboxylic acids is 1. The average molecular weight is 397 g/mol. The third-order valence-electron chi connectivity index (χ3n) is 6.39. The summed E-state index contributed by atoms with van der Waals surface area (Å²) in [5, 5.41) is 11.2. The Balaban J connectivity index is 1.17. The molecule has 0 aliphatic carbocycles. The number of hydrogen-bond acceptors (Lipinski definition) is 4. The van der Waals surface area contributed by atoms with Crippen LogP contribution < -0.4 is 5.32 Å². The summed E-state index contributed by atoms with van der Waals surface area (Å²) in [5.41, 5.74) is 2.76. The van der Waals surface area contributed by atoms with Crippen LogP contribution in [0.4, 0.5) is 4.79 Å². The molecule has 1 aromatic carbocycles. The molecule has 0 bridgehead atoms. The van der Waals surface area contributed by atoms with Crippen molar-refractivity contribution in [1.29, 1.82) is 0 Å². The Bertz CT molecular complexity index is 776. The number of likely N-dealkylation sites (tertiary alicyclic amines) is 2. The van der Waals surface area contributed by atoms with Crippen LogP contribution in [0, 0.1) is 12.8 Å². The van der Waals surface area contributed by atoms with Gasteiger partial charge in [-0.25, -0.2) is 4.79 Å². The fourth-order valence-electron chi connectivity index (χ4n) is 4.44. The molecule has 3 heterocycles. The van der Waals surface area contributed by atoms with Gasteiger partial charge in [-0.15, -0.1) is 5.10 Å². The van der Waals surface area contributed by atoms with Crippen molar-refractivity contribution in [2.45, 2.75) is 51.7 Å². The van der Waals surface area contributed by atoms with E-state index in [4.69, 9.17) is 0 Å². The van der Waals surface area contributed by atoms with E-state index in [1.807, 2.05) is 15.8 Å². The fourth-order valence-corrected chi connectivity index (χ4v) is 4.44. The SMILES string of the molecule is Cc1ccccc1CN1CCC(NC(=O)N2CCC(Cn3ccnn3)CC2)CC1. The Morgan fingerprint density at radius 2 is 1.86 bits per heavy atom. The summed E-state index contributed by atoms with van der Waals surface area (Å²) in [6, 6.07) is 9.01. The minimum atomic E-state index is 0.113. The molecular formula is C22H32N6O. The van der Waals surface area contributed by atoms with E-state index in [-0.39, 0.29) is 6.03 Å². The van der Waals surface area contributed by atoms with E-state index in [0.29, 0.717) is 12.0 Å². The number of nitrogens with one attached hydrogen (secondary N) is 1. The third-order valence-corrected chi connectivity index (χ3v) is 6.39. The fraction of sp³-hybridized carbons (Fsp3) is 0.591. The van der Waals surface area contributed by atoms with Gasteiger partial charge in [-0.05, 0) is 49.7 Å². The lowest BCUT2D eigenvalue weighted by molar-refractivity contribution is 0.149. The molecule has 2 saturated heterocycles. The van der Waals surface area contributed by atoms with Crippen LogP contribution in [0.1, 0.15) is 36.8 Å². The third kappa shape index (κ3) is 5.35. The van der Waals surface area contributed by atoms with Crippen molar-refractivity contribution in [3.8, 4) is 0 Å². The van der Waals surface area contributed by atoms with Gasteiger partial charge in [0.05, 0.1) is 6.20 Å². The number of urea groups is 1. The number of hydrogen-bond donors (Lipinski definition) is 1. The molecule has 0 unspecified atom stereocenters. The van der Waals surface area contributed by atoms with Crippen molar-refractivity contribution in [3.05, 3.63) is 47.8 Å². The standard InChI is InChI=1S/C22H32N6O/c1-18-4-2-3-5-20(18)17-26-11-8-21(9-12-26)24-22(29)27-13-6-19(7-14-27)16-28-15-10-23-25-28/h2-5,10,15,19,21H,6-9,11-14,16-17H2,1H3,(H,24,29). The number of carbonyl (C=O) groups is 1. The van der Waals surface area contributed by atoms with E-state index in [2.05, 4.69) is 51.7 Å². The van der Waals surface area contributed by atoms with Gasteiger partial charge < -0.3 is 10.2 Å². The largest absolute Gasteiger partial charge is 0.335 e. The van der Waals surface area contributed by atoms with E-state index in [1.165, 1.54) is 11.1 Å². The normalized spacial score (nSPS) is 19.4. The Kier molecular flexibility index (Phi) is 6.44. The molecule has 29 heavy (non-hydrogen) atoms. The first kappa shape index (κ1) is 19.9. The molecule has 2 aliphatic heterocycles. The van der Waals surface area contributed by atoms with Gasteiger partial charge in [0.25, 0.3) is 0 Å². The Labute approximate surface area is 173 Å². The molecule has 156 valence electrons. The number of amides is 2. The molecule has 2 fully saturated rings. The average Bonchev–Trinajstić information content (AvgIpc) is 3.25. The van der Waals surface area contributed by atoms with Gasteiger partial charge in [-0.3, -0.25) is 9.58 Å². The van der Waals surface area contributed by atoms with E-state index in [0.717, 1.165) is 65.0 Å². The lowest BCUT2D eigenvalue weighted by Crippen LogP contribution is -2.51. The van der Waals surface area contributed by atoms with Crippen LogP contribution in [0.15, 0.2) is 36.7 Å². The quantitative estimate of drug-likeness (QED) is 0.844. The highest BCUT2D eigenvalue weighted by Crippen LogP contribution is 2.20. The zero-order valence-electron chi connectivity index (χ0n) is 17.3. The topological polar surface area (TPSA) is 66.3 Å². The van der Waals surface area contributed by atoms with Gasteiger partial charge in [0.15, 0.2) is 0 Å². The maximum absolute atomic E-state index is 12.7. The van der Waals surface area contributed by atoms with Gasteiger partial charge in [0.1, 0.15) is 0 Å². The van der Waals surface area contributed by atoms with E-state index >= 15 is 0 Å². The zero-order chi connectivity index (χ0) is 20.1. The van der Waals surface area contributed by atoms with E-state index < -0.39 is 0 Å². The Morgan fingerprint density at radius 3 is 2.55 bits per heavy atom. The highest BCUT2D eigenvalue weighted by Gasteiger charge is 2.26. The highest BCUT2D eigenvalue weighted by atomic mass is 16.2. The maximum atomic E-state index is 12.7. The van der Waals surface area contributed by atoms with Crippen LogP contribution in [0.5, 0.6) is 0 Å². The minimum Gasteiger partial charge on any atom is -0.335 e. The van der Waals surface area contributed by atoms with Gasteiger partial charge in [0, 0.05) is 51.5 Å². The number of nitrogens with zero attached hydrogens (tertiary/aromatic N) is 5. The molecule has 1 aromatic heterocycles. The van der Waals surface area contributed by atoms with Crippen molar-refractivity contribution >= 4 is 6.03 Å². The number of benzene rings is 1. The Morgan fingerprint density at radius 1 is 1.10 bits per heavy atom. The molecule has 4 rings (SSSR count). The molecule has 2 aliphatic rings. The summed E-state index contributed by atoms with van der Waals surface area (Å²) in [7, 11) is 0. The van der Waals surface area contributed by atoms with E-state index in [9.17, 15) is 4.79 Å². The predicted molar refractivity (Wildman–Crippen MR) is 112 cm³/mol. The number of aryl methyl sites for hydroxylation is 1. The lowest BCUT2D eigenvalue weighted by Gasteiger charge is -2.36. The molecule has 0 spiro atoms. The summed E-state index contributed by atoms with van der Waals surface area (Å²) in [5.74, 6) is 0.574. The zero-order valence-corrected chi connectivity index (χ0v) is 17.3. The second kappa shape index (κ2) is 9.39. The van der Waals surface area contributed by atoms with Crippen molar-refractivity contribution < 1.29 is 4.79 Å². The predicted octanol–water partition coefficient (Wildman–Crippen LogP) is 2.67. The molecule has 1 N–H and O–H groups in total. The van der Waals surface area contributed by atoms with Crippen LogP contribution in [0.3, 0.4) is 0 Å². The van der Waals surface area contributed by atoms with Gasteiger partial charge in [-0.2, -0.15) is 0 Å². The van der Waals surface area contributed by atoms with E-state index in [1.54, 1.807) is 6.20 Å². The molecule has 0 radical (unpaired) electrons. The van der Waals surface area contributed by atoms with Crippen LogP contribution >= 0.6 is 0 Å². The molecular weight excluding hydrogens is 364 g/mol. The molecule has 2 aromatic rings. The summed E-state index contributed by atoms with van der Waals surface area (Å²) >= 11 is 0. The van der Waals surface area contributed by atoms with Crippen molar-refractivity contribution in [1.82, 2.24) is 30.1 Å². The number of piperidine rings is 2. The number of aromatic nitrogens is 3. The van der Waals surface area contributed by atoms with Gasteiger partial charge in [0.2, 0.25) is 0 Å². The first-order valence-corrected chi connectivity index (χ1v) is 10.8. The van der Waals surface area contributed by atoms with Crippen LogP contribution in [0.25, 0.3) is 0 Å². The smallest absolute Gasteiger partial charge is 0.317 e. The van der Waals surface area contributed by atoms with Crippen LogP contribution in [-0.4, -0.2) is 63.0 Å². The first-order valence-electron chi connectivity index (χ1n) is 10.8. The Hall–Kier alpha value is -2.41. The molecule has 0 atom stereocenters. The van der Waals surface area contributed by atoms with Crippen molar-refractivity contribution in [3.63, 3.8) is 0 Å². The van der Waals surface area contributed by atoms with Crippen molar-refractivity contribution in [2.75, 3.05) is 26.2 Å². The number of rotatable bonds is 5.